The zero-order valence-electron chi connectivity index (χ0n) is 13.3. The number of aliphatic hydroxyl groups excluding tert-OH is 1. The van der Waals surface area contributed by atoms with E-state index in [1.807, 2.05) is 18.2 Å². The van der Waals surface area contributed by atoms with Crippen LogP contribution in [0.4, 0.5) is 0 Å². The number of hydrogen-bond donors (Lipinski definition) is 1. The van der Waals surface area contributed by atoms with E-state index in [1.54, 1.807) is 23.1 Å². The summed E-state index contributed by atoms with van der Waals surface area (Å²) in [6, 6.07) is 13.0. The summed E-state index contributed by atoms with van der Waals surface area (Å²) in [6.07, 6.45) is 0.783. The molecule has 1 atom stereocenters. The molecule has 0 spiro atoms. The van der Waals surface area contributed by atoms with Gasteiger partial charge in [0.15, 0.2) is 11.5 Å². The summed E-state index contributed by atoms with van der Waals surface area (Å²) < 4.78 is 11.2. The van der Waals surface area contributed by atoms with E-state index in [4.69, 9.17) is 9.47 Å². The van der Waals surface area contributed by atoms with Crippen LogP contribution in [0.3, 0.4) is 0 Å². The van der Waals surface area contributed by atoms with Crippen molar-refractivity contribution in [2.45, 2.75) is 12.5 Å². The monoisotopic (exact) mass is 325 g/mol. The van der Waals surface area contributed by atoms with E-state index in [9.17, 15) is 9.90 Å². The van der Waals surface area contributed by atoms with Crippen LogP contribution in [-0.4, -0.2) is 42.3 Å². The Kier molecular flexibility index (Phi) is 3.86. The van der Waals surface area contributed by atoms with Crippen LogP contribution < -0.4 is 9.47 Å². The van der Waals surface area contributed by atoms with Gasteiger partial charge in [0.05, 0.1) is 18.2 Å². The molecule has 4 rings (SSSR count). The van der Waals surface area contributed by atoms with Gasteiger partial charge in [0.25, 0.3) is 5.91 Å². The fraction of sp³-hybridized carbons (Fsp3) is 0.316. The van der Waals surface area contributed by atoms with Crippen LogP contribution >= 0.6 is 0 Å². The van der Waals surface area contributed by atoms with Crippen molar-refractivity contribution in [2.75, 3.05) is 26.4 Å². The van der Waals surface area contributed by atoms with Gasteiger partial charge in [-0.25, -0.2) is 0 Å². The number of ether oxygens (including phenoxy) is 2. The van der Waals surface area contributed by atoms with Crippen LogP contribution in [-0.2, 0) is 6.42 Å². The zero-order valence-corrected chi connectivity index (χ0v) is 13.3. The van der Waals surface area contributed by atoms with Crippen molar-refractivity contribution in [1.82, 2.24) is 4.90 Å². The molecule has 1 N–H and O–H groups in total. The maximum Gasteiger partial charge on any atom is 0.258 e. The van der Waals surface area contributed by atoms with Gasteiger partial charge in [-0.2, -0.15) is 0 Å². The van der Waals surface area contributed by atoms with Crippen molar-refractivity contribution >= 4 is 5.91 Å². The molecule has 5 nitrogen and oxygen atoms in total. The molecule has 5 heteroatoms. The van der Waals surface area contributed by atoms with Gasteiger partial charge in [-0.1, -0.05) is 30.3 Å². The smallest absolute Gasteiger partial charge is 0.258 e. The molecule has 124 valence electrons. The molecule has 2 aliphatic rings. The Morgan fingerprint density at radius 1 is 1.12 bits per heavy atom. The second-order valence-electron chi connectivity index (χ2n) is 5.98. The Hall–Kier alpha value is -2.53. The third-order valence-electron chi connectivity index (χ3n) is 4.64. The van der Waals surface area contributed by atoms with Crippen LogP contribution in [0.25, 0.3) is 0 Å². The number of amides is 1. The van der Waals surface area contributed by atoms with E-state index >= 15 is 0 Å². The first-order valence-corrected chi connectivity index (χ1v) is 8.18. The summed E-state index contributed by atoms with van der Waals surface area (Å²) in [5.41, 5.74) is 2.70. The normalized spacial score (nSPS) is 18.9. The molecule has 0 aliphatic carbocycles. The summed E-state index contributed by atoms with van der Waals surface area (Å²) in [6.45, 7) is 1.39. The molecule has 2 aromatic rings. The van der Waals surface area contributed by atoms with Crippen LogP contribution in [0.2, 0.25) is 0 Å². The van der Waals surface area contributed by atoms with Gasteiger partial charge < -0.3 is 19.5 Å². The topological polar surface area (TPSA) is 59.0 Å². The van der Waals surface area contributed by atoms with Gasteiger partial charge in [0.2, 0.25) is 0 Å². The summed E-state index contributed by atoms with van der Waals surface area (Å²) >= 11 is 0. The van der Waals surface area contributed by atoms with Crippen molar-refractivity contribution in [1.29, 1.82) is 0 Å². The van der Waals surface area contributed by atoms with Crippen LogP contribution in [0.5, 0.6) is 11.5 Å². The van der Waals surface area contributed by atoms with Crippen molar-refractivity contribution in [3.8, 4) is 11.5 Å². The number of hydrogen-bond acceptors (Lipinski definition) is 4. The fourth-order valence-corrected chi connectivity index (χ4v) is 3.49. The van der Waals surface area contributed by atoms with Crippen LogP contribution in [0, 0.1) is 0 Å². The van der Waals surface area contributed by atoms with Crippen LogP contribution in [0.1, 0.15) is 27.5 Å². The van der Waals surface area contributed by atoms with Gasteiger partial charge in [-0.15, -0.1) is 0 Å². The van der Waals surface area contributed by atoms with Crippen LogP contribution in [0.15, 0.2) is 42.5 Å². The van der Waals surface area contributed by atoms with E-state index in [1.165, 1.54) is 5.56 Å². The van der Waals surface area contributed by atoms with Gasteiger partial charge >= 0.3 is 0 Å². The molecule has 0 saturated heterocycles. The second-order valence-corrected chi connectivity index (χ2v) is 5.98. The molecular weight excluding hydrogens is 306 g/mol. The van der Waals surface area contributed by atoms with Crippen molar-refractivity contribution in [3.05, 3.63) is 59.2 Å². The first-order chi connectivity index (χ1) is 11.8. The number of carbonyl (C=O) groups is 1. The number of rotatable bonds is 2. The maximum atomic E-state index is 13.1. The molecule has 0 aromatic heterocycles. The SMILES string of the molecule is O=C(c1cccc2c1OCCO2)N1CCc2ccccc2C1CO. The molecular formula is C19H19NO4. The largest absolute Gasteiger partial charge is 0.486 e. The number of para-hydroxylation sites is 1. The molecule has 2 aromatic carbocycles. The quantitative estimate of drug-likeness (QED) is 0.919. The number of aliphatic hydroxyl groups is 1. The van der Waals surface area contributed by atoms with E-state index in [-0.39, 0.29) is 18.6 Å². The molecule has 0 radical (unpaired) electrons. The first kappa shape index (κ1) is 15.0. The molecule has 2 aliphatic heterocycles. The lowest BCUT2D eigenvalue weighted by Gasteiger charge is -2.37. The Bertz CT molecular complexity index is 774. The predicted octanol–water partition coefficient (Wildman–Crippen LogP) is 2.19. The molecule has 24 heavy (non-hydrogen) atoms. The Morgan fingerprint density at radius 3 is 2.83 bits per heavy atom. The number of benzene rings is 2. The summed E-state index contributed by atoms with van der Waals surface area (Å²) in [5.74, 6) is 0.972. The Balaban J connectivity index is 1.70. The minimum atomic E-state index is -0.331. The third kappa shape index (κ3) is 2.41. The van der Waals surface area contributed by atoms with Gasteiger partial charge in [-0.3, -0.25) is 4.79 Å². The number of fused-ring (bicyclic) bond motifs is 2. The lowest BCUT2D eigenvalue weighted by atomic mass is 9.92. The Labute approximate surface area is 140 Å². The minimum Gasteiger partial charge on any atom is -0.486 e. The lowest BCUT2D eigenvalue weighted by molar-refractivity contribution is 0.0560. The number of carbonyl (C=O) groups excluding carboxylic acids is 1. The highest BCUT2D eigenvalue weighted by Crippen LogP contribution is 2.37. The summed E-state index contributed by atoms with van der Waals surface area (Å²) in [5, 5.41) is 9.89. The van der Waals surface area contributed by atoms with Crippen molar-refractivity contribution in [2.24, 2.45) is 0 Å². The van der Waals surface area contributed by atoms with E-state index < -0.39 is 0 Å². The van der Waals surface area contributed by atoms with Crippen molar-refractivity contribution < 1.29 is 19.4 Å². The average Bonchev–Trinajstić information content (AvgIpc) is 2.66. The summed E-state index contributed by atoms with van der Waals surface area (Å²) in [4.78, 5) is 14.9. The lowest BCUT2D eigenvalue weighted by Crippen LogP contribution is -2.41. The van der Waals surface area contributed by atoms with E-state index in [0.717, 1.165) is 12.0 Å². The zero-order chi connectivity index (χ0) is 16.5. The maximum absolute atomic E-state index is 13.1. The molecule has 1 amide bonds. The van der Waals surface area contributed by atoms with Gasteiger partial charge in [0, 0.05) is 6.54 Å². The molecule has 0 saturated carbocycles. The van der Waals surface area contributed by atoms with Crippen molar-refractivity contribution in [3.63, 3.8) is 0 Å². The molecule has 0 fully saturated rings. The minimum absolute atomic E-state index is 0.102. The highest BCUT2D eigenvalue weighted by Gasteiger charge is 2.33. The average molecular weight is 325 g/mol. The number of nitrogens with zero attached hydrogens (tertiary/aromatic N) is 1. The van der Waals surface area contributed by atoms with Gasteiger partial charge in [0.1, 0.15) is 13.2 Å². The molecule has 0 bridgehead atoms. The first-order valence-electron chi connectivity index (χ1n) is 8.18. The second kappa shape index (κ2) is 6.17. The molecule has 2 heterocycles. The fourth-order valence-electron chi connectivity index (χ4n) is 3.49. The standard InChI is InChI=1S/C19H19NO4/c21-12-16-14-5-2-1-4-13(14)8-9-20(16)19(22)15-6-3-7-17-18(15)24-11-10-23-17/h1-7,16,21H,8-12H2. The third-order valence-corrected chi connectivity index (χ3v) is 4.64. The van der Waals surface area contributed by atoms with E-state index in [2.05, 4.69) is 6.07 Å². The highest BCUT2D eigenvalue weighted by atomic mass is 16.6. The predicted molar refractivity (Wildman–Crippen MR) is 88.4 cm³/mol. The highest BCUT2D eigenvalue weighted by molar-refractivity contribution is 5.98. The van der Waals surface area contributed by atoms with Gasteiger partial charge in [-0.05, 0) is 29.7 Å². The van der Waals surface area contributed by atoms with E-state index in [0.29, 0.717) is 36.8 Å². The molecule has 1 unspecified atom stereocenters. The Morgan fingerprint density at radius 2 is 1.96 bits per heavy atom. The summed E-state index contributed by atoms with van der Waals surface area (Å²) in [7, 11) is 0.